The Labute approximate surface area is 139 Å². The molecule has 0 aliphatic heterocycles. The first-order chi connectivity index (χ1) is 11.3. The van der Waals surface area contributed by atoms with Gasteiger partial charge in [0, 0.05) is 13.0 Å². The lowest BCUT2D eigenvalue weighted by Gasteiger charge is -2.17. The number of nitrogens with zero attached hydrogens (tertiary/aromatic N) is 1. The molecule has 1 aromatic rings. The second-order valence-electron chi connectivity index (χ2n) is 5.23. The minimum absolute atomic E-state index is 0.0298. The summed E-state index contributed by atoms with van der Waals surface area (Å²) in [4.78, 5) is 26.9. The van der Waals surface area contributed by atoms with E-state index >= 15 is 0 Å². The summed E-state index contributed by atoms with van der Waals surface area (Å²) in [6.45, 7) is 0.266. The third-order valence-electron chi connectivity index (χ3n) is 3.22. The highest BCUT2D eigenvalue weighted by Crippen LogP contribution is 2.11. The number of rotatable bonds is 9. The van der Waals surface area contributed by atoms with Gasteiger partial charge in [0.15, 0.2) is 5.96 Å². The molecule has 0 unspecified atom stereocenters. The summed E-state index contributed by atoms with van der Waals surface area (Å²) < 4.78 is 0. The second-order valence-corrected chi connectivity index (χ2v) is 5.23. The number of phenols is 1. The van der Waals surface area contributed by atoms with Crippen LogP contribution in [0.25, 0.3) is 0 Å². The molecule has 0 bridgehead atoms. The van der Waals surface area contributed by atoms with E-state index in [4.69, 9.17) is 11.5 Å². The monoisotopic (exact) mass is 338 g/mol. The summed E-state index contributed by atoms with van der Waals surface area (Å²) in [6.07, 6.45) is -0.834. The summed E-state index contributed by atoms with van der Waals surface area (Å²) >= 11 is 0. The van der Waals surface area contributed by atoms with E-state index in [1.807, 2.05) is 0 Å². The van der Waals surface area contributed by atoms with Crippen LogP contribution >= 0.6 is 0 Å². The minimum atomic E-state index is -1.35. The Morgan fingerprint density at radius 3 is 2.38 bits per heavy atom. The van der Waals surface area contributed by atoms with E-state index in [1.54, 1.807) is 12.1 Å². The van der Waals surface area contributed by atoms with Gasteiger partial charge in [-0.25, -0.2) is 4.79 Å². The Morgan fingerprint density at radius 1 is 1.21 bits per heavy atom. The molecule has 0 aliphatic carbocycles. The Balaban J connectivity index is 2.54. The molecule has 132 valence electrons. The zero-order valence-electron chi connectivity index (χ0n) is 13.1. The molecule has 9 nitrogen and oxygen atoms in total. The van der Waals surface area contributed by atoms with E-state index in [9.17, 15) is 24.9 Å². The van der Waals surface area contributed by atoms with Gasteiger partial charge < -0.3 is 32.1 Å². The number of nitrogens with one attached hydrogen (secondary N) is 1. The second kappa shape index (κ2) is 9.36. The first-order valence-corrected chi connectivity index (χ1v) is 7.34. The molecule has 1 amide bonds. The van der Waals surface area contributed by atoms with Gasteiger partial charge in [-0.15, -0.1) is 0 Å². The average molecular weight is 338 g/mol. The molecule has 0 fully saturated rings. The van der Waals surface area contributed by atoms with Crippen molar-refractivity contribution in [1.29, 1.82) is 0 Å². The molecular weight excluding hydrogens is 316 g/mol. The van der Waals surface area contributed by atoms with E-state index in [-0.39, 0.29) is 31.1 Å². The maximum Gasteiger partial charge on any atom is 0.326 e. The van der Waals surface area contributed by atoms with Crippen LogP contribution in [0.1, 0.15) is 18.4 Å². The number of aromatic hydroxyl groups is 1. The first kappa shape index (κ1) is 19.2. The van der Waals surface area contributed by atoms with Crippen LogP contribution in [0.15, 0.2) is 29.3 Å². The van der Waals surface area contributed by atoms with Crippen LogP contribution in [0.2, 0.25) is 0 Å². The zero-order chi connectivity index (χ0) is 18.1. The number of hydrogen-bond acceptors (Lipinski definition) is 5. The van der Waals surface area contributed by atoms with Crippen molar-refractivity contribution in [3.63, 3.8) is 0 Å². The Bertz CT molecular complexity index is 584. The van der Waals surface area contributed by atoms with Crippen LogP contribution < -0.4 is 16.8 Å². The van der Waals surface area contributed by atoms with Crippen LogP contribution in [0.4, 0.5) is 0 Å². The number of aliphatic hydroxyl groups excluding tert-OH is 1. The number of carbonyl (C=O) groups excluding carboxylic acids is 1. The fraction of sp³-hybridized carbons (Fsp3) is 0.400. The molecule has 1 rings (SSSR count). The SMILES string of the molecule is NC(N)=NCCC[C@@H](O)C(=O)N[C@@H](Cc1ccc(O)cc1)C(=O)O. The molecular formula is C15H22N4O5. The van der Waals surface area contributed by atoms with Gasteiger partial charge in [-0.2, -0.15) is 0 Å². The van der Waals surface area contributed by atoms with Gasteiger partial charge in [0.2, 0.25) is 5.91 Å². The maximum atomic E-state index is 11.9. The lowest BCUT2D eigenvalue weighted by molar-refractivity contribution is -0.143. The summed E-state index contributed by atoms with van der Waals surface area (Å²) in [5.74, 6) is -2.00. The smallest absolute Gasteiger partial charge is 0.326 e. The number of carboxylic acid groups (broad SMARTS) is 1. The van der Waals surface area contributed by atoms with Gasteiger partial charge in [0.25, 0.3) is 0 Å². The molecule has 0 saturated carbocycles. The standard InChI is InChI=1S/C15H22N4O5/c16-15(17)18-7-1-2-12(21)13(22)19-11(14(23)24)8-9-3-5-10(20)6-4-9/h3-6,11-12,20-21H,1-2,7-8H2,(H,19,22)(H,23,24)(H4,16,17,18)/t11-,12+/m0/s1. The van der Waals surface area contributed by atoms with E-state index in [0.29, 0.717) is 12.0 Å². The molecule has 0 aliphatic rings. The Hall–Kier alpha value is -2.81. The van der Waals surface area contributed by atoms with Gasteiger partial charge in [0.1, 0.15) is 17.9 Å². The number of aliphatic imine (C=N–C) groups is 1. The van der Waals surface area contributed by atoms with Gasteiger partial charge in [0.05, 0.1) is 0 Å². The molecule has 24 heavy (non-hydrogen) atoms. The van der Waals surface area contributed by atoms with Gasteiger partial charge >= 0.3 is 5.97 Å². The molecule has 0 radical (unpaired) electrons. The van der Waals surface area contributed by atoms with Crippen LogP contribution in [0, 0.1) is 0 Å². The molecule has 0 saturated heterocycles. The number of carboxylic acids is 1. The fourth-order valence-corrected chi connectivity index (χ4v) is 1.96. The number of guanidine groups is 1. The van der Waals surface area contributed by atoms with Gasteiger partial charge in [-0.05, 0) is 30.5 Å². The van der Waals surface area contributed by atoms with Gasteiger partial charge in [-0.3, -0.25) is 9.79 Å². The molecule has 0 aromatic heterocycles. The van der Waals surface area contributed by atoms with Crippen molar-refractivity contribution in [2.75, 3.05) is 6.54 Å². The van der Waals surface area contributed by atoms with Crippen molar-refractivity contribution < 1.29 is 24.9 Å². The van der Waals surface area contributed by atoms with Crippen molar-refractivity contribution in [1.82, 2.24) is 5.32 Å². The van der Waals surface area contributed by atoms with Crippen molar-refractivity contribution in [3.8, 4) is 5.75 Å². The third kappa shape index (κ3) is 6.97. The van der Waals surface area contributed by atoms with E-state index < -0.39 is 24.0 Å². The number of benzene rings is 1. The van der Waals surface area contributed by atoms with Crippen molar-refractivity contribution >= 4 is 17.8 Å². The first-order valence-electron chi connectivity index (χ1n) is 7.34. The lowest BCUT2D eigenvalue weighted by atomic mass is 10.1. The van der Waals surface area contributed by atoms with Crippen molar-refractivity contribution in [2.24, 2.45) is 16.5 Å². The highest BCUT2D eigenvalue weighted by atomic mass is 16.4. The maximum absolute atomic E-state index is 11.9. The highest BCUT2D eigenvalue weighted by Gasteiger charge is 2.24. The number of nitrogens with two attached hydrogens (primary N) is 2. The number of amides is 1. The number of phenolic OH excluding ortho intramolecular Hbond substituents is 1. The molecule has 0 spiro atoms. The molecule has 8 N–H and O–H groups in total. The van der Waals surface area contributed by atoms with Crippen molar-refractivity contribution in [2.45, 2.75) is 31.4 Å². The van der Waals surface area contributed by atoms with Crippen LogP contribution in [-0.4, -0.2) is 51.8 Å². The number of aliphatic hydroxyl groups is 1. The topological polar surface area (TPSA) is 171 Å². The van der Waals surface area contributed by atoms with Crippen LogP contribution in [-0.2, 0) is 16.0 Å². The quantitative estimate of drug-likeness (QED) is 0.189. The summed E-state index contributed by atoms with van der Waals surface area (Å²) in [6, 6.07) is 4.78. The van der Waals surface area contributed by atoms with Crippen LogP contribution in [0.5, 0.6) is 5.75 Å². The van der Waals surface area contributed by atoms with E-state index in [0.717, 1.165) is 0 Å². The molecule has 2 atom stereocenters. The molecule has 0 heterocycles. The largest absolute Gasteiger partial charge is 0.508 e. The third-order valence-corrected chi connectivity index (χ3v) is 3.22. The summed E-state index contributed by atoms with van der Waals surface area (Å²) in [7, 11) is 0. The highest BCUT2D eigenvalue weighted by molar-refractivity contribution is 5.86. The van der Waals surface area contributed by atoms with Gasteiger partial charge in [-0.1, -0.05) is 12.1 Å². The Morgan fingerprint density at radius 2 is 1.83 bits per heavy atom. The van der Waals surface area contributed by atoms with E-state index in [2.05, 4.69) is 10.3 Å². The van der Waals surface area contributed by atoms with Crippen molar-refractivity contribution in [3.05, 3.63) is 29.8 Å². The number of carbonyl (C=O) groups is 2. The summed E-state index contributed by atoms with van der Waals surface area (Å²) in [5.41, 5.74) is 10.9. The predicted molar refractivity (Wildman–Crippen MR) is 87.3 cm³/mol. The average Bonchev–Trinajstić information content (AvgIpc) is 2.52. The minimum Gasteiger partial charge on any atom is -0.508 e. The molecule has 1 aromatic carbocycles. The van der Waals surface area contributed by atoms with Crippen LogP contribution in [0.3, 0.4) is 0 Å². The summed E-state index contributed by atoms with van der Waals surface area (Å²) in [5, 5.41) is 30.5. The predicted octanol–water partition coefficient (Wildman–Crippen LogP) is -1.08. The van der Waals surface area contributed by atoms with E-state index in [1.165, 1.54) is 12.1 Å². The Kier molecular flexibility index (Phi) is 7.50. The zero-order valence-corrected chi connectivity index (χ0v) is 13.1. The fourth-order valence-electron chi connectivity index (χ4n) is 1.96. The lowest BCUT2D eigenvalue weighted by Crippen LogP contribution is -2.46. The normalized spacial score (nSPS) is 12.9. The number of aliphatic carboxylic acids is 1. The number of hydrogen-bond donors (Lipinski definition) is 6. The molecule has 9 heteroatoms.